The van der Waals surface area contributed by atoms with Crippen molar-refractivity contribution in [3.63, 3.8) is 0 Å². The van der Waals surface area contributed by atoms with Gasteiger partial charge in [-0.1, -0.05) is 55.3 Å². The molecule has 0 spiro atoms. The number of alkyl carbamates (subject to hydrolysis) is 1. The van der Waals surface area contributed by atoms with Gasteiger partial charge in [0, 0.05) is 6.54 Å². The largest absolute Gasteiger partial charge is 0.491 e. The maximum Gasteiger partial charge on any atom is 0.407 e. The van der Waals surface area contributed by atoms with Crippen molar-refractivity contribution in [1.82, 2.24) is 10.4 Å². The predicted octanol–water partition coefficient (Wildman–Crippen LogP) is 4.61. The lowest BCUT2D eigenvalue weighted by atomic mass is 10.0. The van der Waals surface area contributed by atoms with Gasteiger partial charge in [-0.15, -0.1) is 0 Å². The van der Waals surface area contributed by atoms with E-state index in [0.717, 1.165) is 49.0 Å². The number of fused-ring (bicyclic) bond motifs is 1. The van der Waals surface area contributed by atoms with Crippen LogP contribution in [-0.4, -0.2) is 72.8 Å². The standard InChI is InChI=1S/C32H44N2O7/c1-22(2)39-25-14-12-24(13-15-25)19-34(41-26-10-6-7-11-26)20-29(35)28(18-23-8-4-3-5-9-23)33-32(36)40-30-21-38-31-27(30)16-17-37-31/h3-5,8-9,12-15,22,26-31,35H,6-7,10-11,16-21H2,1-2H3,(H,33,36). The van der Waals surface area contributed by atoms with Crippen LogP contribution in [-0.2, 0) is 32.0 Å². The second kappa shape index (κ2) is 14.5. The normalized spacial score (nSPS) is 24.0. The predicted molar refractivity (Wildman–Crippen MR) is 153 cm³/mol. The van der Waals surface area contributed by atoms with Gasteiger partial charge in [0.15, 0.2) is 6.29 Å². The molecule has 0 aromatic heterocycles. The zero-order valence-corrected chi connectivity index (χ0v) is 24.2. The molecule has 5 unspecified atom stereocenters. The number of hydrogen-bond donors (Lipinski definition) is 2. The molecule has 1 saturated carbocycles. The first kappa shape index (κ1) is 29.8. The summed E-state index contributed by atoms with van der Waals surface area (Å²) in [6.45, 7) is 5.66. The average Bonchev–Trinajstić information content (AvgIpc) is 3.71. The van der Waals surface area contributed by atoms with E-state index in [1.807, 2.05) is 73.5 Å². The van der Waals surface area contributed by atoms with Crippen LogP contribution in [0, 0.1) is 5.92 Å². The Balaban J connectivity index is 1.26. The first-order valence-electron chi connectivity index (χ1n) is 15.0. The van der Waals surface area contributed by atoms with E-state index in [2.05, 4.69) is 5.32 Å². The van der Waals surface area contributed by atoms with Crippen LogP contribution in [0.5, 0.6) is 5.75 Å². The molecule has 2 saturated heterocycles. The van der Waals surface area contributed by atoms with Crippen LogP contribution in [0.4, 0.5) is 4.79 Å². The van der Waals surface area contributed by atoms with Gasteiger partial charge >= 0.3 is 6.09 Å². The van der Waals surface area contributed by atoms with Crippen LogP contribution in [0.2, 0.25) is 0 Å². The van der Waals surface area contributed by atoms with E-state index in [1.165, 1.54) is 0 Å². The van der Waals surface area contributed by atoms with Gasteiger partial charge in [0.2, 0.25) is 0 Å². The fourth-order valence-corrected chi connectivity index (χ4v) is 5.86. The lowest BCUT2D eigenvalue weighted by Crippen LogP contribution is -2.50. The summed E-state index contributed by atoms with van der Waals surface area (Å²) >= 11 is 0. The molecular weight excluding hydrogens is 524 g/mol. The molecule has 2 aromatic carbocycles. The number of aliphatic hydroxyl groups is 1. The third-order valence-electron chi connectivity index (χ3n) is 7.95. The van der Waals surface area contributed by atoms with E-state index < -0.39 is 18.2 Å². The fourth-order valence-electron chi connectivity index (χ4n) is 5.86. The maximum absolute atomic E-state index is 13.1. The highest BCUT2D eigenvalue weighted by Gasteiger charge is 2.44. The SMILES string of the molecule is CC(C)Oc1ccc(CN(CC(O)C(Cc2ccccc2)NC(=O)OC2COC3OCCC23)OC2CCCC2)cc1. The van der Waals surface area contributed by atoms with E-state index in [0.29, 0.717) is 26.2 Å². The second-order valence-corrected chi connectivity index (χ2v) is 11.6. The summed E-state index contributed by atoms with van der Waals surface area (Å²) in [6, 6.07) is 17.2. The molecule has 9 nitrogen and oxygen atoms in total. The Morgan fingerprint density at radius 1 is 1.02 bits per heavy atom. The first-order chi connectivity index (χ1) is 19.9. The molecule has 3 fully saturated rings. The maximum atomic E-state index is 13.1. The minimum atomic E-state index is -0.907. The van der Waals surface area contributed by atoms with Crippen molar-refractivity contribution in [3.05, 3.63) is 65.7 Å². The Morgan fingerprint density at radius 3 is 2.51 bits per heavy atom. The minimum Gasteiger partial charge on any atom is -0.491 e. The summed E-state index contributed by atoms with van der Waals surface area (Å²) in [6.07, 6.45) is 3.64. The van der Waals surface area contributed by atoms with Crippen molar-refractivity contribution in [1.29, 1.82) is 0 Å². The van der Waals surface area contributed by atoms with Gasteiger partial charge in [-0.25, -0.2) is 4.79 Å². The summed E-state index contributed by atoms with van der Waals surface area (Å²) in [7, 11) is 0. The number of benzene rings is 2. The number of aliphatic hydroxyl groups excluding tert-OH is 1. The third-order valence-corrected chi connectivity index (χ3v) is 7.95. The molecule has 0 bridgehead atoms. The van der Waals surface area contributed by atoms with E-state index in [9.17, 15) is 9.90 Å². The van der Waals surface area contributed by atoms with Crippen LogP contribution in [0.15, 0.2) is 54.6 Å². The first-order valence-corrected chi connectivity index (χ1v) is 15.0. The summed E-state index contributed by atoms with van der Waals surface area (Å²) in [4.78, 5) is 19.5. The third kappa shape index (κ3) is 8.66. The monoisotopic (exact) mass is 568 g/mol. The summed E-state index contributed by atoms with van der Waals surface area (Å²) < 4.78 is 22.7. The summed E-state index contributed by atoms with van der Waals surface area (Å²) in [5.41, 5.74) is 2.06. The Kier molecular flexibility index (Phi) is 10.5. The molecule has 2 aromatic rings. The highest BCUT2D eigenvalue weighted by atomic mass is 16.7. The number of ether oxygens (including phenoxy) is 4. The van der Waals surface area contributed by atoms with Gasteiger partial charge in [-0.05, 0) is 62.8 Å². The zero-order valence-electron chi connectivity index (χ0n) is 24.2. The van der Waals surface area contributed by atoms with Gasteiger partial charge in [0.25, 0.3) is 0 Å². The highest BCUT2D eigenvalue weighted by molar-refractivity contribution is 5.68. The van der Waals surface area contributed by atoms with Gasteiger partial charge < -0.3 is 29.4 Å². The number of hydrogen-bond acceptors (Lipinski definition) is 8. The lowest BCUT2D eigenvalue weighted by Gasteiger charge is -2.31. The molecular formula is C32H44N2O7. The summed E-state index contributed by atoms with van der Waals surface area (Å²) in [5, 5.41) is 16.3. The Bertz CT molecular complexity index is 1080. The number of nitrogens with zero attached hydrogens (tertiary/aromatic N) is 1. The van der Waals surface area contributed by atoms with Crippen LogP contribution in [0.25, 0.3) is 0 Å². The minimum absolute atomic E-state index is 0.0471. The Hall–Kier alpha value is -2.69. The Labute approximate surface area is 243 Å². The van der Waals surface area contributed by atoms with Crippen molar-refractivity contribution in [3.8, 4) is 5.75 Å². The smallest absolute Gasteiger partial charge is 0.407 e. The molecule has 0 radical (unpaired) electrons. The van der Waals surface area contributed by atoms with Crippen LogP contribution in [0.3, 0.4) is 0 Å². The van der Waals surface area contributed by atoms with Gasteiger partial charge in [0.1, 0.15) is 11.9 Å². The van der Waals surface area contributed by atoms with Crippen LogP contribution < -0.4 is 10.1 Å². The number of carbonyl (C=O) groups excluding carboxylic acids is 1. The van der Waals surface area contributed by atoms with Gasteiger partial charge in [-0.3, -0.25) is 4.84 Å². The fraction of sp³-hybridized carbons (Fsp3) is 0.594. The number of hydroxylamine groups is 2. The van der Waals surface area contributed by atoms with E-state index >= 15 is 0 Å². The molecule has 224 valence electrons. The van der Waals surface area contributed by atoms with Crippen molar-refractivity contribution in [2.24, 2.45) is 5.92 Å². The van der Waals surface area contributed by atoms with E-state index in [4.69, 9.17) is 23.8 Å². The number of rotatable bonds is 13. The quantitative estimate of drug-likeness (QED) is 0.338. The molecule has 2 heterocycles. The number of carbonyl (C=O) groups is 1. The van der Waals surface area contributed by atoms with E-state index in [1.54, 1.807) is 0 Å². The van der Waals surface area contributed by atoms with Crippen LogP contribution in [0.1, 0.15) is 57.1 Å². The molecule has 9 heteroatoms. The summed E-state index contributed by atoms with van der Waals surface area (Å²) in [5.74, 6) is 0.867. The lowest BCUT2D eigenvalue weighted by molar-refractivity contribution is -0.214. The van der Waals surface area contributed by atoms with Gasteiger partial charge in [-0.2, -0.15) is 5.06 Å². The van der Waals surface area contributed by atoms with Crippen molar-refractivity contribution in [2.45, 2.75) is 95.7 Å². The molecule has 5 rings (SSSR count). The molecule has 5 atom stereocenters. The molecule has 2 N–H and O–H groups in total. The highest BCUT2D eigenvalue weighted by Crippen LogP contribution is 2.33. The molecule has 41 heavy (non-hydrogen) atoms. The topological polar surface area (TPSA) is 98.7 Å². The second-order valence-electron chi connectivity index (χ2n) is 11.6. The zero-order chi connectivity index (χ0) is 28.6. The van der Waals surface area contributed by atoms with Crippen molar-refractivity contribution >= 4 is 6.09 Å². The average molecular weight is 569 g/mol. The van der Waals surface area contributed by atoms with E-state index in [-0.39, 0.29) is 37.1 Å². The van der Waals surface area contributed by atoms with Crippen LogP contribution >= 0.6 is 0 Å². The molecule has 1 aliphatic carbocycles. The van der Waals surface area contributed by atoms with Crippen molar-refractivity contribution in [2.75, 3.05) is 19.8 Å². The molecule has 3 aliphatic rings. The Morgan fingerprint density at radius 2 is 1.78 bits per heavy atom. The van der Waals surface area contributed by atoms with Gasteiger partial charge in [0.05, 0.1) is 50.0 Å². The number of nitrogens with one attached hydrogen (secondary N) is 1. The molecule has 2 aliphatic heterocycles. The molecule has 1 amide bonds. The number of amides is 1. The van der Waals surface area contributed by atoms with Crippen molar-refractivity contribution < 1.29 is 33.7 Å².